The van der Waals surface area contributed by atoms with Crippen LogP contribution in [0.2, 0.25) is 5.02 Å². The van der Waals surface area contributed by atoms with Crippen molar-refractivity contribution in [3.05, 3.63) is 59.6 Å². The number of rotatable bonds is 1. The number of nitrogens with zero attached hydrogens (tertiary/aromatic N) is 1. The zero-order valence-corrected chi connectivity index (χ0v) is 17.7. The first-order valence-electron chi connectivity index (χ1n) is 10.0. The fourth-order valence-electron chi connectivity index (χ4n) is 4.72. The molecule has 144 valence electrons. The van der Waals surface area contributed by atoms with E-state index >= 15 is 0 Å². The van der Waals surface area contributed by atoms with Crippen LogP contribution in [0.5, 0.6) is 0 Å². The molecule has 0 amide bonds. The molecule has 0 atom stereocenters. The predicted molar refractivity (Wildman–Crippen MR) is 122 cm³/mol. The Morgan fingerprint density at radius 1 is 0.759 bits per heavy atom. The van der Waals surface area contributed by atoms with Crippen molar-refractivity contribution in [3.63, 3.8) is 0 Å². The molecule has 1 fully saturated rings. The van der Waals surface area contributed by atoms with Gasteiger partial charge in [0.2, 0.25) is 0 Å². The fourth-order valence-corrected chi connectivity index (χ4v) is 4.98. The highest BCUT2D eigenvalue weighted by atomic mass is 35.5. The topological polar surface area (TPSA) is 22.9 Å². The third-order valence-electron chi connectivity index (χ3n) is 6.85. The van der Waals surface area contributed by atoms with Gasteiger partial charge in [0, 0.05) is 21.5 Å². The zero-order valence-electron chi connectivity index (χ0n) is 16.9. The maximum atomic E-state index is 6.67. The molecule has 0 saturated carbocycles. The summed E-state index contributed by atoms with van der Waals surface area (Å²) in [4.78, 5) is 0. The van der Waals surface area contributed by atoms with Crippen LogP contribution in [-0.4, -0.2) is 22.7 Å². The summed E-state index contributed by atoms with van der Waals surface area (Å²) in [6.07, 6.45) is 0. The molecule has 1 saturated heterocycles. The molecule has 1 aliphatic heterocycles. The highest BCUT2D eigenvalue weighted by molar-refractivity contribution is 6.66. The van der Waals surface area contributed by atoms with Crippen molar-refractivity contribution in [3.8, 4) is 0 Å². The Balaban J connectivity index is 1.75. The molecule has 2 aromatic heterocycles. The lowest BCUT2D eigenvalue weighted by Crippen LogP contribution is -2.41. The number of para-hydroxylation sites is 2. The Morgan fingerprint density at radius 2 is 1.34 bits per heavy atom. The van der Waals surface area contributed by atoms with Gasteiger partial charge in [-0.05, 0) is 45.3 Å². The molecule has 1 aliphatic rings. The number of hydrogen-bond donors (Lipinski definition) is 0. The summed E-state index contributed by atoms with van der Waals surface area (Å²) in [6.45, 7) is 8.36. The Kier molecular flexibility index (Phi) is 3.31. The lowest BCUT2D eigenvalue weighted by Gasteiger charge is -2.32. The van der Waals surface area contributed by atoms with Gasteiger partial charge in [0.15, 0.2) is 0 Å². The van der Waals surface area contributed by atoms with Crippen molar-refractivity contribution in [2.24, 2.45) is 0 Å². The van der Waals surface area contributed by atoms with Gasteiger partial charge in [-0.25, -0.2) is 0 Å². The monoisotopic (exact) mass is 401 g/mol. The molecule has 0 bridgehead atoms. The van der Waals surface area contributed by atoms with Crippen LogP contribution in [0.4, 0.5) is 0 Å². The van der Waals surface area contributed by atoms with Crippen molar-refractivity contribution in [1.82, 2.24) is 4.40 Å². The van der Waals surface area contributed by atoms with Crippen LogP contribution >= 0.6 is 11.6 Å². The van der Waals surface area contributed by atoms with Crippen LogP contribution in [0.1, 0.15) is 27.7 Å². The molecule has 0 N–H and O–H groups in total. The van der Waals surface area contributed by atoms with Gasteiger partial charge in [-0.1, -0.05) is 54.1 Å². The van der Waals surface area contributed by atoms with Crippen molar-refractivity contribution in [2.75, 3.05) is 0 Å². The SMILES string of the molecule is CC1(C)OB(c2cccc3c2c2cccc4c5cccc(Cl)c5n3c42)OC1(C)C. The lowest BCUT2D eigenvalue weighted by molar-refractivity contribution is 0.00578. The second-order valence-corrected chi connectivity index (χ2v) is 9.41. The minimum absolute atomic E-state index is 0.379. The van der Waals surface area contributed by atoms with E-state index in [1.165, 1.54) is 27.1 Å². The van der Waals surface area contributed by atoms with Crippen molar-refractivity contribution < 1.29 is 9.31 Å². The van der Waals surface area contributed by atoms with Crippen LogP contribution in [0.15, 0.2) is 54.6 Å². The largest absolute Gasteiger partial charge is 0.495 e. The molecule has 6 rings (SSSR count). The fraction of sp³-hybridized carbons (Fsp3) is 0.250. The Labute approximate surface area is 174 Å². The zero-order chi connectivity index (χ0) is 20.1. The van der Waals surface area contributed by atoms with E-state index < -0.39 is 7.12 Å². The maximum Gasteiger partial charge on any atom is 0.495 e. The van der Waals surface area contributed by atoms with E-state index in [1.807, 2.05) is 12.1 Å². The average Bonchev–Trinajstić information content (AvgIpc) is 3.26. The molecule has 3 heterocycles. The molecule has 5 aromatic rings. The molecular weight excluding hydrogens is 381 g/mol. The smallest absolute Gasteiger partial charge is 0.399 e. The van der Waals surface area contributed by atoms with E-state index in [1.54, 1.807) is 0 Å². The van der Waals surface area contributed by atoms with Gasteiger partial charge in [0.1, 0.15) is 0 Å². The third kappa shape index (κ3) is 2.12. The summed E-state index contributed by atoms with van der Waals surface area (Å²) in [5.74, 6) is 0. The minimum atomic E-state index is -0.406. The number of halogens is 1. The average molecular weight is 402 g/mol. The van der Waals surface area contributed by atoms with Crippen LogP contribution in [0.3, 0.4) is 0 Å². The van der Waals surface area contributed by atoms with Gasteiger partial charge in [0.05, 0.1) is 32.8 Å². The number of benzene rings is 3. The molecular formula is C24H21BClNO2. The van der Waals surface area contributed by atoms with E-state index in [4.69, 9.17) is 20.9 Å². The summed E-state index contributed by atoms with van der Waals surface area (Å²) in [7, 11) is -0.406. The highest BCUT2D eigenvalue weighted by Crippen LogP contribution is 2.42. The van der Waals surface area contributed by atoms with Crippen molar-refractivity contribution in [2.45, 2.75) is 38.9 Å². The molecule has 29 heavy (non-hydrogen) atoms. The molecule has 3 nitrogen and oxygen atoms in total. The summed E-state index contributed by atoms with van der Waals surface area (Å²) >= 11 is 6.67. The first-order valence-corrected chi connectivity index (χ1v) is 10.4. The van der Waals surface area contributed by atoms with Gasteiger partial charge in [-0.15, -0.1) is 0 Å². The molecule has 0 radical (unpaired) electrons. The van der Waals surface area contributed by atoms with E-state index in [2.05, 4.69) is 74.6 Å². The normalized spacial score (nSPS) is 18.7. The van der Waals surface area contributed by atoms with Crippen molar-refractivity contribution >= 4 is 62.3 Å². The van der Waals surface area contributed by atoms with Gasteiger partial charge >= 0.3 is 7.12 Å². The number of hydrogen-bond acceptors (Lipinski definition) is 2. The first kappa shape index (κ1) is 17.6. The van der Waals surface area contributed by atoms with E-state index in [9.17, 15) is 0 Å². The summed E-state index contributed by atoms with van der Waals surface area (Å²) in [6, 6.07) is 19.0. The Bertz CT molecular complexity index is 1420. The van der Waals surface area contributed by atoms with Crippen LogP contribution in [-0.2, 0) is 9.31 Å². The quantitative estimate of drug-likeness (QED) is 0.332. The van der Waals surface area contributed by atoms with Crippen LogP contribution in [0, 0.1) is 0 Å². The second-order valence-electron chi connectivity index (χ2n) is 9.00. The molecule has 5 heteroatoms. The van der Waals surface area contributed by atoms with Crippen LogP contribution in [0.25, 0.3) is 38.1 Å². The van der Waals surface area contributed by atoms with Gasteiger partial charge < -0.3 is 13.7 Å². The molecule has 0 unspecified atom stereocenters. The summed E-state index contributed by atoms with van der Waals surface area (Å²) in [5.41, 5.74) is 3.70. The van der Waals surface area contributed by atoms with Gasteiger partial charge in [-0.2, -0.15) is 0 Å². The Hall–Kier alpha value is -2.27. The number of fused-ring (bicyclic) bond motifs is 6. The highest BCUT2D eigenvalue weighted by Gasteiger charge is 2.52. The predicted octanol–water partition coefficient (Wildman–Crippen LogP) is 5.79. The van der Waals surface area contributed by atoms with Gasteiger partial charge in [-0.3, -0.25) is 0 Å². The van der Waals surface area contributed by atoms with E-state index in [0.717, 1.165) is 21.5 Å². The minimum Gasteiger partial charge on any atom is -0.399 e. The van der Waals surface area contributed by atoms with Crippen molar-refractivity contribution in [1.29, 1.82) is 0 Å². The third-order valence-corrected chi connectivity index (χ3v) is 7.16. The van der Waals surface area contributed by atoms with E-state index in [0.29, 0.717) is 0 Å². The van der Waals surface area contributed by atoms with E-state index in [-0.39, 0.29) is 11.2 Å². The summed E-state index contributed by atoms with van der Waals surface area (Å²) < 4.78 is 15.1. The Morgan fingerprint density at radius 3 is 2.07 bits per heavy atom. The second kappa shape index (κ2) is 5.45. The van der Waals surface area contributed by atoms with Gasteiger partial charge in [0.25, 0.3) is 0 Å². The lowest BCUT2D eigenvalue weighted by atomic mass is 9.76. The molecule has 3 aromatic carbocycles. The maximum absolute atomic E-state index is 6.67. The first-order chi connectivity index (χ1) is 13.8. The van der Waals surface area contributed by atoms with Crippen LogP contribution < -0.4 is 5.46 Å². The molecule has 0 aliphatic carbocycles. The number of aromatic nitrogens is 1. The summed E-state index contributed by atoms with van der Waals surface area (Å²) in [5, 5.41) is 5.54. The molecule has 0 spiro atoms. The standard InChI is InChI=1S/C24H21BClNO2/c1-23(2)24(3,4)29-25(28-23)17-11-7-13-19-20(17)16-10-5-8-14-15-9-6-12-18(26)22(15)27(19)21(14)16/h5-13H,1-4H3.